The smallest absolute Gasteiger partial charge is 0.315 e. The van der Waals surface area contributed by atoms with E-state index in [-0.39, 0.29) is 17.5 Å². The fourth-order valence-electron chi connectivity index (χ4n) is 4.85. The average Bonchev–Trinajstić information content (AvgIpc) is 2.82. The Kier molecular flexibility index (Phi) is 5.57. The molecule has 7 nitrogen and oxygen atoms in total. The maximum atomic E-state index is 12.0. The van der Waals surface area contributed by atoms with E-state index < -0.39 is 4.92 Å². The van der Waals surface area contributed by atoms with Crippen molar-refractivity contribution >= 4 is 27.4 Å². The molecule has 1 aliphatic rings. The minimum atomic E-state index is -0.420. The van der Waals surface area contributed by atoms with E-state index in [2.05, 4.69) is 36.2 Å². The normalized spacial score (nSPS) is 13.9. The van der Waals surface area contributed by atoms with Crippen LogP contribution in [-0.4, -0.2) is 41.6 Å². The van der Waals surface area contributed by atoms with E-state index in [0.717, 1.165) is 36.3 Å². The zero-order valence-corrected chi connectivity index (χ0v) is 19.8. The van der Waals surface area contributed by atoms with Crippen LogP contribution in [0.3, 0.4) is 0 Å². The number of nitrogens with zero attached hydrogens (tertiary/aromatic N) is 3. The lowest BCUT2D eigenvalue weighted by atomic mass is 9.89. The Morgan fingerprint density at radius 3 is 2.65 bits per heavy atom. The van der Waals surface area contributed by atoms with Crippen LogP contribution in [0.15, 0.2) is 48.5 Å². The van der Waals surface area contributed by atoms with Gasteiger partial charge in [0.15, 0.2) is 5.75 Å². The number of hydrogen-bond donors (Lipinski definition) is 0. The van der Waals surface area contributed by atoms with Crippen LogP contribution in [0.4, 0.5) is 5.69 Å². The Morgan fingerprint density at radius 1 is 1.12 bits per heavy atom. The van der Waals surface area contributed by atoms with E-state index in [4.69, 9.17) is 14.5 Å². The molecule has 0 spiro atoms. The molecule has 4 aromatic rings. The van der Waals surface area contributed by atoms with Crippen LogP contribution in [0, 0.1) is 10.1 Å². The van der Waals surface area contributed by atoms with Gasteiger partial charge in [-0.05, 0) is 61.3 Å². The minimum absolute atomic E-state index is 0.124. The number of methoxy groups -OCH3 is 1. The summed E-state index contributed by atoms with van der Waals surface area (Å²) in [5.74, 6) is 0.472. The van der Waals surface area contributed by atoms with Gasteiger partial charge in [-0.3, -0.25) is 10.1 Å². The first-order valence-corrected chi connectivity index (χ1v) is 11.4. The van der Waals surface area contributed by atoms with E-state index in [1.807, 2.05) is 26.0 Å². The molecular weight excluding hydrogens is 430 g/mol. The van der Waals surface area contributed by atoms with Gasteiger partial charge in [-0.25, -0.2) is 4.98 Å². The fourth-order valence-corrected chi connectivity index (χ4v) is 4.85. The maximum absolute atomic E-state index is 12.0. The Balaban J connectivity index is 1.82. The van der Waals surface area contributed by atoms with E-state index >= 15 is 0 Å². The first-order chi connectivity index (χ1) is 16.4. The molecule has 2 heterocycles. The maximum Gasteiger partial charge on any atom is 0.315 e. The van der Waals surface area contributed by atoms with Gasteiger partial charge in [-0.15, -0.1) is 0 Å². The van der Waals surface area contributed by atoms with Crippen molar-refractivity contribution in [2.45, 2.75) is 32.9 Å². The number of pyridine rings is 1. The summed E-state index contributed by atoms with van der Waals surface area (Å²) >= 11 is 0. The Hall–Kier alpha value is -3.71. The molecule has 1 aromatic heterocycles. The highest BCUT2D eigenvalue weighted by Gasteiger charge is 2.28. The number of likely N-dealkylation sites (N-methyl/N-ethyl adjacent to an activating group) is 1. The molecule has 7 heteroatoms. The molecule has 0 bridgehead atoms. The van der Waals surface area contributed by atoms with Gasteiger partial charge in [0.2, 0.25) is 5.75 Å². The number of rotatable bonds is 5. The van der Waals surface area contributed by atoms with Crippen molar-refractivity contribution in [3.8, 4) is 22.8 Å². The molecule has 0 atom stereocenters. The molecular formula is C27H27N3O4. The molecule has 0 fully saturated rings. The van der Waals surface area contributed by atoms with Gasteiger partial charge >= 0.3 is 5.69 Å². The largest absolute Gasteiger partial charge is 0.493 e. The number of hydrogen-bond acceptors (Lipinski definition) is 6. The van der Waals surface area contributed by atoms with Gasteiger partial charge in [-0.1, -0.05) is 30.3 Å². The topological polar surface area (TPSA) is 77.7 Å². The van der Waals surface area contributed by atoms with Crippen molar-refractivity contribution in [2.24, 2.45) is 0 Å². The first kappa shape index (κ1) is 22.1. The van der Waals surface area contributed by atoms with Crippen molar-refractivity contribution in [1.82, 2.24) is 9.88 Å². The van der Waals surface area contributed by atoms with Crippen LogP contribution in [0.2, 0.25) is 0 Å². The molecule has 0 saturated carbocycles. The summed E-state index contributed by atoms with van der Waals surface area (Å²) in [4.78, 5) is 18.9. The van der Waals surface area contributed by atoms with Crippen LogP contribution in [0.25, 0.3) is 32.9 Å². The van der Waals surface area contributed by atoms with E-state index in [1.165, 1.54) is 28.8 Å². The van der Waals surface area contributed by atoms with Gasteiger partial charge in [0, 0.05) is 30.1 Å². The summed E-state index contributed by atoms with van der Waals surface area (Å²) in [6.07, 6.45) is 0.659. The number of aromatic nitrogens is 1. The second-order valence-electron chi connectivity index (χ2n) is 9.04. The van der Waals surface area contributed by atoms with Gasteiger partial charge < -0.3 is 14.4 Å². The molecule has 0 unspecified atom stereocenters. The molecule has 5 rings (SSSR count). The highest BCUT2D eigenvalue weighted by Crippen LogP contribution is 2.44. The summed E-state index contributed by atoms with van der Waals surface area (Å²) < 4.78 is 11.3. The van der Waals surface area contributed by atoms with Crippen LogP contribution < -0.4 is 9.47 Å². The quantitative estimate of drug-likeness (QED) is 0.216. The zero-order valence-electron chi connectivity index (χ0n) is 19.8. The summed E-state index contributed by atoms with van der Waals surface area (Å²) in [5, 5.41) is 15.5. The van der Waals surface area contributed by atoms with Crippen molar-refractivity contribution in [3.63, 3.8) is 0 Å². The summed E-state index contributed by atoms with van der Waals surface area (Å²) in [6, 6.07) is 15.8. The number of nitro groups is 1. The van der Waals surface area contributed by atoms with E-state index in [1.54, 1.807) is 12.1 Å². The third-order valence-electron chi connectivity index (χ3n) is 6.34. The third-order valence-corrected chi connectivity index (χ3v) is 6.34. The van der Waals surface area contributed by atoms with Crippen LogP contribution in [0.5, 0.6) is 11.5 Å². The van der Waals surface area contributed by atoms with Crippen molar-refractivity contribution in [1.29, 1.82) is 0 Å². The second-order valence-corrected chi connectivity index (χ2v) is 9.04. The van der Waals surface area contributed by atoms with Crippen molar-refractivity contribution < 1.29 is 14.4 Å². The van der Waals surface area contributed by atoms with Gasteiger partial charge in [0.25, 0.3) is 0 Å². The van der Waals surface area contributed by atoms with Crippen LogP contribution in [0.1, 0.15) is 25.0 Å². The molecule has 3 aromatic carbocycles. The zero-order chi connectivity index (χ0) is 24.0. The van der Waals surface area contributed by atoms with Crippen LogP contribution >= 0.6 is 0 Å². The van der Waals surface area contributed by atoms with E-state index in [0.29, 0.717) is 11.3 Å². The summed E-state index contributed by atoms with van der Waals surface area (Å²) in [6.45, 7) is 5.33. The molecule has 0 saturated heterocycles. The molecule has 0 aliphatic carbocycles. The lowest BCUT2D eigenvalue weighted by molar-refractivity contribution is -0.386. The highest BCUT2D eigenvalue weighted by molar-refractivity contribution is 6.09. The molecule has 174 valence electrons. The third kappa shape index (κ3) is 3.72. The number of nitro benzene ring substituents is 1. The van der Waals surface area contributed by atoms with Crippen LogP contribution in [-0.2, 0) is 13.0 Å². The minimum Gasteiger partial charge on any atom is -0.493 e. The molecule has 0 amide bonds. The van der Waals surface area contributed by atoms with Gasteiger partial charge in [-0.2, -0.15) is 0 Å². The second kappa shape index (κ2) is 8.57. The molecule has 34 heavy (non-hydrogen) atoms. The monoisotopic (exact) mass is 457 g/mol. The molecule has 0 N–H and O–H groups in total. The number of fused-ring (bicyclic) bond motifs is 5. The van der Waals surface area contributed by atoms with Crippen molar-refractivity contribution in [3.05, 3.63) is 69.8 Å². The predicted octanol–water partition coefficient (Wildman–Crippen LogP) is 5.75. The lowest BCUT2D eigenvalue weighted by Crippen LogP contribution is -2.27. The summed E-state index contributed by atoms with van der Waals surface area (Å²) in [7, 11) is 3.59. The summed E-state index contributed by atoms with van der Waals surface area (Å²) in [5.41, 5.74) is 4.54. The standard InChI is InChI=1S/C27H27N3O4/c1-16(2)34-27-23(30(31)32)13-18(14-24(27)33-4)26-21-15-29(3)12-11-20(21)25-19-8-6-5-7-17(19)9-10-22(25)28-26/h5-10,13-14,16H,11-12,15H2,1-4H3. The SMILES string of the molecule is COc1cc(-c2nc3ccc4ccccc4c3c3c2CN(C)CC3)cc([N+](=O)[O-])c1OC(C)C. The molecule has 0 radical (unpaired) electrons. The highest BCUT2D eigenvalue weighted by atomic mass is 16.6. The van der Waals surface area contributed by atoms with Gasteiger partial charge in [0.1, 0.15) is 0 Å². The first-order valence-electron chi connectivity index (χ1n) is 11.4. The number of ether oxygens (including phenoxy) is 2. The van der Waals surface area contributed by atoms with Crippen molar-refractivity contribution in [2.75, 3.05) is 20.7 Å². The fraction of sp³-hybridized carbons (Fsp3) is 0.296. The Bertz CT molecular complexity index is 1430. The molecule has 1 aliphatic heterocycles. The van der Waals surface area contributed by atoms with E-state index in [9.17, 15) is 10.1 Å². The average molecular weight is 458 g/mol. The Labute approximate surface area is 198 Å². The van der Waals surface area contributed by atoms with Gasteiger partial charge in [0.05, 0.1) is 29.3 Å². The predicted molar refractivity (Wildman–Crippen MR) is 134 cm³/mol. The lowest BCUT2D eigenvalue weighted by Gasteiger charge is -2.28. The Morgan fingerprint density at radius 2 is 1.91 bits per heavy atom. The number of benzene rings is 3.